The second-order valence-corrected chi connectivity index (χ2v) is 4.98. The van der Waals surface area contributed by atoms with Crippen molar-refractivity contribution in [2.24, 2.45) is 10.7 Å². The third-order valence-electron chi connectivity index (χ3n) is 3.35. The van der Waals surface area contributed by atoms with E-state index >= 15 is 0 Å². The summed E-state index contributed by atoms with van der Waals surface area (Å²) in [4.78, 5) is 4.22. The van der Waals surface area contributed by atoms with Crippen molar-refractivity contribution in [1.29, 1.82) is 0 Å². The molecule has 0 fully saturated rings. The number of benzene rings is 2. The predicted molar refractivity (Wildman–Crippen MR) is 91.2 cm³/mol. The van der Waals surface area contributed by atoms with Gasteiger partial charge in [0, 0.05) is 11.8 Å². The minimum Gasteiger partial charge on any atom is -0.497 e. The maximum Gasteiger partial charge on any atom is 0.231 e. The molecule has 1 heterocycles. The van der Waals surface area contributed by atoms with Crippen LogP contribution in [0, 0.1) is 0 Å². The highest BCUT2D eigenvalue weighted by molar-refractivity contribution is 5.92. The van der Waals surface area contributed by atoms with Crippen LogP contribution in [-0.4, -0.2) is 33.0 Å². The largest absolute Gasteiger partial charge is 0.497 e. The molecule has 126 valence electrons. The fraction of sp³-hybridized carbons (Fsp3) is 0.235. The van der Waals surface area contributed by atoms with Gasteiger partial charge in [0.05, 0.1) is 13.7 Å². The number of hydrogen-bond acceptors (Lipinski definition) is 5. The molecule has 7 heteroatoms. The van der Waals surface area contributed by atoms with Crippen LogP contribution < -0.4 is 30.0 Å². The van der Waals surface area contributed by atoms with Crippen molar-refractivity contribution in [3.05, 3.63) is 42.5 Å². The summed E-state index contributed by atoms with van der Waals surface area (Å²) in [6.45, 7) is 1.09. The van der Waals surface area contributed by atoms with Gasteiger partial charge < -0.3 is 30.0 Å². The molecule has 0 bridgehead atoms. The van der Waals surface area contributed by atoms with E-state index in [-0.39, 0.29) is 6.79 Å². The lowest BCUT2D eigenvalue weighted by atomic mass is 10.3. The normalized spacial score (nSPS) is 12.8. The van der Waals surface area contributed by atoms with Gasteiger partial charge in [-0.3, -0.25) is 0 Å². The van der Waals surface area contributed by atoms with Gasteiger partial charge in [-0.1, -0.05) is 0 Å². The lowest BCUT2D eigenvalue weighted by Crippen LogP contribution is -2.23. The molecule has 1 aliphatic rings. The Kier molecular flexibility index (Phi) is 4.90. The number of aliphatic imine (C=N–C) groups is 1. The molecule has 0 radical (unpaired) electrons. The van der Waals surface area contributed by atoms with E-state index in [9.17, 15) is 0 Å². The number of fused-ring (bicyclic) bond motifs is 1. The standard InChI is InChI=1S/C17H19N3O4/c1-21-13-4-2-12(3-5-13)20-17(18)19-8-9-22-14-6-7-15-16(10-14)24-11-23-15/h2-7,10H,8-9,11H2,1H3,(H3,18,19,20). The van der Waals surface area contributed by atoms with E-state index < -0.39 is 0 Å². The molecule has 3 N–H and O–H groups in total. The van der Waals surface area contributed by atoms with Crippen LogP contribution in [-0.2, 0) is 0 Å². The Morgan fingerprint density at radius 2 is 1.88 bits per heavy atom. The fourth-order valence-electron chi connectivity index (χ4n) is 2.16. The number of rotatable bonds is 6. The lowest BCUT2D eigenvalue weighted by molar-refractivity contribution is 0.174. The molecule has 2 aromatic carbocycles. The highest BCUT2D eigenvalue weighted by atomic mass is 16.7. The third kappa shape index (κ3) is 4.01. The zero-order valence-corrected chi connectivity index (χ0v) is 13.3. The molecule has 0 spiro atoms. The topological polar surface area (TPSA) is 87.3 Å². The van der Waals surface area contributed by atoms with Crippen LogP contribution in [0.25, 0.3) is 0 Å². The lowest BCUT2D eigenvalue weighted by Gasteiger charge is -2.08. The molecule has 0 atom stereocenters. The molecule has 0 aliphatic carbocycles. The summed E-state index contributed by atoms with van der Waals surface area (Å²) in [6.07, 6.45) is 0. The summed E-state index contributed by atoms with van der Waals surface area (Å²) in [5.74, 6) is 3.24. The van der Waals surface area contributed by atoms with Crippen molar-refractivity contribution in [3.63, 3.8) is 0 Å². The maximum absolute atomic E-state index is 5.85. The van der Waals surface area contributed by atoms with Gasteiger partial charge in [0.1, 0.15) is 18.1 Å². The van der Waals surface area contributed by atoms with Crippen LogP contribution in [0.1, 0.15) is 0 Å². The van der Waals surface area contributed by atoms with Gasteiger partial charge >= 0.3 is 0 Å². The highest BCUT2D eigenvalue weighted by Crippen LogP contribution is 2.34. The number of nitrogens with two attached hydrogens (primary N) is 1. The second kappa shape index (κ2) is 7.45. The second-order valence-electron chi connectivity index (χ2n) is 4.98. The quantitative estimate of drug-likeness (QED) is 0.480. The molecule has 0 unspecified atom stereocenters. The van der Waals surface area contributed by atoms with Crippen molar-refractivity contribution in [3.8, 4) is 23.0 Å². The summed E-state index contributed by atoms with van der Waals surface area (Å²) < 4.78 is 21.3. The summed E-state index contributed by atoms with van der Waals surface area (Å²) >= 11 is 0. The number of ether oxygens (including phenoxy) is 4. The molecule has 3 rings (SSSR count). The average molecular weight is 329 g/mol. The van der Waals surface area contributed by atoms with Crippen LogP contribution in [0.4, 0.5) is 5.69 Å². The van der Waals surface area contributed by atoms with E-state index in [1.54, 1.807) is 13.2 Å². The number of nitrogens with zero attached hydrogens (tertiary/aromatic N) is 1. The molecular formula is C17H19N3O4. The predicted octanol–water partition coefficient (Wildman–Crippen LogP) is 2.23. The Morgan fingerprint density at radius 1 is 1.12 bits per heavy atom. The molecular weight excluding hydrogens is 310 g/mol. The van der Waals surface area contributed by atoms with Gasteiger partial charge in [0.2, 0.25) is 6.79 Å². The third-order valence-corrected chi connectivity index (χ3v) is 3.35. The van der Waals surface area contributed by atoms with Gasteiger partial charge in [-0.15, -0.1) is 0 Å². The van der Waals surface area contributed by atoms with Gasteiger partial charge in [-0.2, -0.15) is 0 Å². The first kappa shape index (κ1) is 15.8. The van der Waals surface area contributed by atoms with Gasteiger partial charge in [-0.05, 0) is 36.4 Å². The van der Waals surface area contributed by atoms with E-state index in [1.165, 1.54) is 0 Å². The van der Waals surface area contributed by atoms with Gasteiger partial charge in [0.15, 0.2) is 17.5 Å². The summed E-state index contributed by atoms with van der Waals surface area (Å²) in [5, 5.41) is 3.01. The molecule has 2 aromatic rings. The van der Waals surface area contributed by atoms with E-state index in [0.717, 1.165) is 17.2 Å². The van der Waals surface area contributed by atoms with E-state index in [4.69, 9.17) is 24.7 Å². The first-order valence-electron chi connectivity index (χ1n) is 7.48. The summed E-state index contributed by atoms with van der Waals surface area (Å²) in [5.41, 5.74) is 6.69. The van der Waals surface area contributed by atoms with Crippen LogP contribution in [0.15, 0.2) is 47.5 Å². The Morgan fingerprint density at radius 3 is 2.67 bits per heavy atom. The first-order valence-corrected chi connectivity index (χ1v) is 7.48. The minimum atomic E-state index is 0.247. The van der Waals surface area contributed by atoms with Crippen molar-refractivity contribution in [2.75, 3.05) is 32.4 Å². The van der Waals surface area contributed by atoms with E-state index in [1.807, 2.05) is 36.4 Å². The smallest absolute Gasteiger partial charge is 0.231 e. The Balaban J connectivity index is 1.45. The monoisotopic (exact) mass is 329 g/mol. The average Bonchev–Trinajstić information content (AvgIpc) is 3.07. The number of hydrogen-bond donors (Lipinski definition) is 2. The fourth-order valence-corrected chi connectivity index (χ4v) is 2.16. The van der Waals surface area contributed by atoms with Crippen LogP contribution >= 0.6 is 0 Å². The number of anilines is 1. The van der Waals surface area contributed by atoms with Crippen molar-refractivity contribution in [1.82, 2.24) is 0 Å². The van der Waals surface area contributed by atoms with Gasteiger partial charge in [0.25, 0.3) is 0 Å². The number of nitrogens with one attached hydrogen (secondary N) is 1. The Hall–Kier alpha value is -3.09. The zero-order chi connectivity index (χ0) is 16.8. The Bertz CT molecular complexity index is 716. The van der Waals surface area contributed by atoms with Crippen molar-refractivity contribution in [2.45, 2.75) is 0 Å². The van der Waals surface area contributed by atoms with Crippen LogP contribution in [0.2, 0.25) is 0 Å². The molecule has 7 nitrogen and oxygen atoms in total. The minimum absolute atomic E-state index is 0.247. The Labute approximate surface area is 140 Å². The zero-order valence-electron chi connectivity index (χ0n) is 13.3. The number of methoxy groups -OCH3 is 1. The van der Waals surface area contributed by atoms with E-state index in [0.29, 0.717) is 30.6 Å². The summed E-state index contributed by atoms with van der Waals surface area (Å²) in [6, 6.07) is 12.9. The first-order chi connectivity index (χ1) is 11.7. The molecule has 24 heavy (non-hydrogen) atoms. The maximum atomic E-state index is 5.85. The molecule has 0 saturated carbocycles. The summed E-state index contributed by atoms with van der Waals surface area (Å²) in [7, 11) is 1.62. The molecule has 1 aliphatic heterocycles. The molecule has 0 aromatic heterocycles. The van der Waals surface area contributed by atoms with Crippen molar-refractivity contribution >= 4 is 11.6 Å². The molecule has 0 amide bonds. The van der Waals surface area contributed by atoms with E-state index in [2.05, 4.69) is 10.3 Å². The van der Waals surface area contributed by atoms with Crippen LogP contribution in [0.5, 0.6) is 23.0 Å². The highest BCUT2D eigenvalue weighted by Gasteiger charge is 2.13. The molecule has 0 saturated heterocycles. The number of guanidine groups is 1. The SMILES string of the molecule is COc1ccc(NC(N)=NCCOc2ccc3c(c2)OCO3)cc1. The van der Waals surface area contributed by atoms with Crippen LogP contribution in [0.3, 0.4) is 0 Å². The van der Waals surface area contributed by atoms with Gasteiger partial charge in [-0.25, -0.2) is 4.99 Å². The van der Waals surface area contributed by atoms with Crippen molar-refractivity contribution < 1.29 is 18.9 Å².